The molecule has 0 aliphatic carbocycles. The van der Waals surface area contributed by atoms with E-state index >= 15 is 0 Å². The first kappa shape index (κ1) is 14.7. The number of aromatic nitrogens is 4. The van der Waals surface area contributed by atoms with Crippen molar-refractivity contribution in [2.24, 2.45) is 0 Å². The van der Waals surface area contributed by atoms with Crippen molar-refractivity contribution in [3.63, 3.8) is 0 Å². The minimum absolute atomic E-state index is 0.304. The Morgan fingerprint density at radius 3 is 2.52 bits per heavy atom. The van der Waals surface area contributed by atoms with E-state index in [0.29, 0.717) is 16.9 Å². The summed E-state index contributed by atoms with van der Waals surface area (Å²) >= 11 is 0. The number of benzene rings is 1. The van der Waals surface area contributed by atoms with Gasteiger partial charge in [-0.15, -0.1) is 0 Å². The van der Waals surface area contributed by atoms with Crippen LogP contribution in [0.5, 0.6) is 5.75 Å². The molecule has 4 rings (SSSR count). The highest BCUT2D eigenvalue weighted by Crippen LogP contribution is 2.28. The molecule has 7 nitrogen and oxygen atoms in total. The zero-order valence-electron chi connectivity index (χ0n) is 12.8. The molecular formula is C18H11N5O2. The lowest BCUT2D eigenvalue weighted by atomic mass is 10.2. The van der Waals surface area contributed by atoms with Crippen molar-refractivity contribution in [2.75, 3.05) is 0 Å². The van der Waals surface area contributed by atoms with Gasteiger partial charge in [-0.3, -0.25) is 4.79 Å². The lowest BCUT2D eigenvalue weighted by molar-refractivity contribution is 0.476. The van der Waals surface area contributed by atoms with Crippen LogP contribution in [0, 0.1) is 11.3 Å². The van der Waals surface area contributed by atoms with Gasteiger partial charge < -0.3 is 14.7 Å². The number of hydrogen-bond acceptors (Lipinski definition) is 5. The SMILES string of the molecule is N#Cc1c(O)c2c(ccn2-c2ccc(-c3ncccn3)cc2)[nH]c1=O. The molecule has 0 spiro atoms. The van der Waals surface area contributed by atoms with Crippen LogP contribution in [-0.2, 0) is 0 Å². The number of hydrogen-bond donors (Lipinski definition) is 2. The molecule has 0 atom stereocenters. The van der Waals surface area contributed by atoms with Gasteiger partial charge in [0.15, 0.2) is 17.1 Å². The zero-order chi connectivity index (χ0) is 17.4. The fraction of sp³-hybridized carbons (Fsp3) is 0. The minimum Gasteiger partial charge on any atom is -0.504 e. The highest BCUT2D eigenvalue weighted by molar-refractivity contribution is 5.86. The molecule has 0 aliphatic rings. The summed E-state index contributed by atoms with van der Waals surface area (Å²) in [6.45, 7) is 0. The van der Waals surface area contributed by atoms with Gasteiger partial charge in [-0.2, -0.15) is 5.26 Å². The van der Waals surface area contributed by atoms with Crippen LogP contribution in [0.4, 0.5) is 0 Å². The number of rotatable bonds is 2. The Hall–Kier alpha value is -3.92. The molecule has 0 bridgehead atoms. The number of nitrogens with one attached hydrogen (secondary N) is 1. The lowest BCUT2D eigenvalue weighted by Crippen LogP contribution is -2.10. The number of H-pyrrole nitrogens is 1. The summed E-state index contributed by atoms with van der Waals surface area (Å²) < 4.78 is 1.71. The third-order valence-corrected chi connectivity index (χ3v) is 3.90. The number of nitriles is 1. The summed E-state index contributed by atoms with van der Waals surface area (Å²) in [5.74, 6) is 0.284. The van der Waals surface area contributed by atoms with E-state index in [9.17, 15) is 9.90 Å². The molecule has 0 fully saturated rings. The molecule has 0 aliphatic heterocycles. The monoisotopic (exact) mass is 329 g/mol. The van der Waals surface area contributed by atoms with Gasteiger partial charge in [-0.1, -0.05) is 0 Å². The summed E-state index contributed by atoms with van der Waals surface area (Å²) in [7, 11) is 0. The topological polar surface area (TPSA) is 108 Å². The van der Waals surface area contributed by atoms with E-state index < -0.39 is 5.56 Å². The molecule has 0 saturated heterocycles. The smallest absolute Gasteiger partial charge is 0.270 e. The molecule has 2 N–H and O–H groups in total. The standard InChI is InChI=1S/C18H11N5O2/c19-10-13-16(24)15-14(22-18(13)25)6-9-23(15)12-4-2-11(3-5-12)17-20-7-1-8-21-17/h1-9H,(H2,22,24,25). The van der Waals surface area contributed by atoms with Crippen LogP contribution < -0.4 is 5.56 Å². The molecule has 3 heterocycles. The van der Waals surface area contributed by atoms with Gasteiger partial charge in [0.1, 0.15) is 11.6 Å². The highest BCUT2D eigenvalue weighted by Gasteiger charge is 2.15. The van der Waals surface area contributed by atoms with Crippen molar-refractivity contribution in [3.8, 4) is 28.9 Å². The first-order valence-electron chi connectivity index (χ1n) is 7.43. The van der Waals surface area contributed by atoms with E-state index in [2.05, 4.69) is 15.0 Å². The van der Waals surface area contributed by atoms with Crippen molar-refractivity contribution < 1.29 is 5.11 Å². The highest BCUT2D eigenvalue weighted by atomic mass is 16.3. The summed E-state index contributed by atoms with van der Waals surface area (Å²) in [6, 6.07) is 12.6. The Balaban J connectivity index is 1.86. The van der Waals surface area contributed by atoms with Crippen LogP contribution in [0.1, 0.15) is 5.56 Å². The van der Waals surface area contributed by atoms with E-state index in [4.69, 9.17) is 5.26 Å². The van der Waals surface area contributed by atoms with Gasteiger partial charge in [-0.25, -0.2) is 9.97 Å². The summed E-state index contributed by atoms with van der Waals surface area (Å²) in [5, 5.41) is 19.4. The number of nitrogens with zero attached hydrogens (tertiary/aromatic N) is 4. The number of aromatic amines is 1. The second-order valence-corrected chi connectivity index (χ2v) is 5.36. The molecule has 1 aromatic carbocycles. The molecule has 25 heavy (non-hydrogen) atoms. The van der Waals surface area contributed by atoms with Gasteiger partial charge in [0.05, 0.1) is 5.52 Å². The Bertz CT molecular complexity index is 1170. The molecular weight excluding hydrogens is 318 g/mol. The van der Waals surface area contributed by atoms with Crippen molar-refractivity contribution in [1.29, 1.82) is 5.26 Å². The lowest BCUT2D eigenvalue weighted by Gasteiger charge is -2.08. The van der Waals surface area contributed by atoms with Gasteiger partial charge in [-0.05, 0) is 36.4 Å². The summed E-state index contributed by atoms with van der Waals surface area (Å²) in [6.07, 6.45) is 5.07. The van der Waals surface area contributed by atoms with Crippen molar-refractivity contribution in [1.82, 2.24) is 19.5 Å². The van der Waals surface area contributed by atoms with Crippen molar-refractivity contribution in [3.05, 3.63) is 70.9 Å². The Morgan fingerprint density at radius 1 is 1.12 bits per heavy atom. The molecule has 0 radical (unpaired) electrons. The van der Waals surface area contributed by atoms with Crippen LogP contribution in [0.15, 0.2) is 59.8 Å². The number of pyridine rings is 1. The average Bonchev–Trinajstić information content (AvgIpc) is 3.07. The molecule has 3 aromatic heterocycles. The van der Waals surface area contributed by atoms with Crippen LogP contribution in [0.3, 0.4) is 0 Å². The van der Waals surface area contributed by atoms with Crippen LogP contribution in [-0.4, -0.2) is 24.6 Å². The van der Waals surface area contributed by atoms with E-state index in [1.54, 1.807) is 41.4 Å². The molecule has 0 unspecified atom stereocenters. The van der Waals surface area contributed by atoms with E-state index in [1.165, 1.54) is 0 Å². The molecule has 7 heteroatoms. The van der Waals surface area contributed by atoms with Gasteiger partial charge in [0.25, 0.3) is 5.56 Å². The summed E-state index contributed by atoms with van der Waals surface area (Å²) in [4.78, 5) is 22.8. The predicted molar refractivity (Wildman–Crippen MR) is 91.3 cm³/mol. The molecule has 4 aromatic rings. The second kappa shape index (κ2) is 5.62. The fourth-order valence-electron chi connectivity index (χ4n) is 2.72. The molecule has 0 saturated carbocycles. The second-order valence-electron chi connectivity index (χ2n) is 5.36. The van der Waals surface area contributed by atoms with E-state index in [0.717, 1.165) is 11.3 Å². The van der Waals surface area contributed by atoms with Crippen molar-refractivity contribution >= 4 is 11.0 Å². The Kier molecular flexibility index (Phi) is 3.29. The fourth-order valence-corrected chi connectivity index (χ4v) is 2.72. The van der Waals surface area contributed by atoms with E-state index in [-0.39, 0.29) is 11.3 Å². The Labute approximate surface area is 141 Å². The normalized spacial score (nSPS) is 10.7. The third kappa shape index (κ3) is 2.33. The minimum atomic E-state index is -0.609. The van der Waals surface area contributed by atoms with Crippen LogP contribution >= 0.6 is 0 Å². The number of aromatic hydroxyl groups is 1. The third-order valence-electron chi connectivity index (χ3n) is 3.90. The summed E-state index contributed by atoms with van der Waals surface area (Å²) in [5.41, 5.74) is 1.54. The zero-order valence-corrected chi connectivity index (χ0v) is 12.8. The first-order valence-corrected chi connectivity index (χ1v) is 7.43. The quantitative estimate of drug-likeness (QED) is 0.587. The average molecular weight is 329 g/mol. The van der Waals surface area contributed by atoms with E-state index in [1.807, 2.05) is 24.3 Å². The maximum atomic E-state index is 11.8. The maximum Gasteiger partial charge on any atom is 0.270 e. The van der Waals surface area contributed by atoms with Gasteiger partial charge in [0, 0.05) is 29.8 Å². The predicted octanol–water partition coefficient (Wildman–Crippen LogP) is 2.35. The van der Waals surface area contributed by atoms with Crippen LogP contribution in [0.25, 0.3) is 28.1 Å². The maximum absolute atomic E-state index is 11.8. The molecule has 0 amide bonds. The first-order chi connectivity index (χ1) is 12.2. The van der Waals surface area contributed by atoms with Gasteiger partial charge >= 0.3 is 0 Å². The Morgan fingerprint density at radius 2 is 1.84 bits per heavy atom. The van der Waals surface area contributed by atoms with Gasteiger partial charge in [0.2, 0.25) is 0 Å². The molecule has 120 valence electrons. The van der Waals surface area contributed by atoms with Crippen molar-refractivity contribution in [2.45, 2.75) is 0 Å². The largest absolute Gasteiger partial charge is 0.504 e. The number of fused-ring (bicyclic) bond motifs is 1. The van der Waals surface area contributed by atoms with Crippen LogP contribution in [0.2, 0.25) is 0 Å².